The van der Waals surface area contributed by atoms with E-state index in [4.69, 9.17) is 4.74 Å². The van der Waals surface area contributed by atoms with Crippen molar-refractivity contribution in [2.45, 2.75) is 38.7 Å². The number of nitrogens with zero attached hydrogens (tertiary/aromatic N) is 6. The lowest BCUT2D eigenvalue weighted by Gasteiger charge is -2.22. The topological polar surface area (TPSA) is 98.1 Å². The first kappa shape index (κ1) is 24.4. The van der Waals surface area contributed by atoms with E-state index in [1.807, 2.05) is 0 Å². The average Bonchev–Trinajstić information content (AvgIpc) is 3.45. The quantitative estimate of drug-likeness (QED) is 0.543. The number of carbonyl (C=O) groups excluding carboxylic acids is 1. The molecule has 0 spiro atoms. The highest BCUT2D eigenvalue weighted by Crippen LogP contribution is 2.27. The van der Waals surface area contributed by atoms with Crippen molar-refractivity contribution in [2.24, 2.45) is 7.05 Å². The molecule has 3 aromatic rings. The van der Waals surface area contributed by atoms with Crippen LogP contribution in [0.15, 0.2) is 24.4 Å². The highest BCUT2D eigenvalue weighted by Gasteiger charge is 2.31. The van der Waals surface area contributed by atoms with Crippen molar-refractivity contribution in [3.63, 3.8) is 0 Å². The first-order chi connectivity index (χ1) is 16.7. The van der Waals surface area contributed by atoms with E-state index in [2.05, 4.69) is 25.4 Å². The molecule has 0 aliphatic carbocycles. The summed E-state index contributed by atoms with van der Waals surface area (Å²) in [5.74, 6) is -0.802. The zero-order chi connectivity index (χ0) is 25.3. The second-order valence-electron chi connectivity index (χ2n) is 8.43. The number of hydrogen-bond acceptors (Lipinski definition) is 7. The molecule has 9 nitrogen and oxygen atoms in total. The summed E-state index contributed by atoms with van der Waals surface area (Å²) in [6, 6.07) is 4.86. The molecule has 1 aliphatic heterocycles. The van der Waals surface area contributed by atoms with Crippen LogP contribution in [0, 0.1) is 12.7 Å². The molecule has 1 aliphatic rings. The molecule has 1 N–H and O–H groups in total. The maximum absolute atomic E-state index is 14.3. The Hall–Kier alpha value is -3.70. The van der Waals surface area contributed by atoms with Crippen molar-refractivity contribution >= 4 is 11.7 Å². The highest BCUT2D eigenvalue weighted by molar-refractivity contribution is 5.83. The molecule has 1 saturated heterocycles. The summed E-state index contributed by atoms with van der Waals surface area (Å²) in [4.78, 5) is 27.0. The highest BCUT2D eigenvalue weighted by atomic mass is 19.3. The minimum Gasteiger partial charge on any atom is -0.481 e. The van der Waals surface area contributed by atoms with Gasteiger partial charge in [-0.25, -0.2) is 32.8 Å². The fourth-order valence-corrected chi connectivity index (χ4v) is 4.15. The average molecular weight is 490 g/mol. The lowest BCUT2D eigenvalue weighted by atomic mass is 10.0. The number of hydrogen-bond donors (Lipinski definition) is 1. The molecule has 2 atom stereocenters. The molecule has 0 radical (unpaired) electrons. The van der Waals surface area contributed by atoms with Gasteiger partial charge in [0.1, 0.15) is 11.6 Å². The number of alkyl halides is 2. The second kappa shape index (κ2) is 9.88. The smallest absolute Gasteiger partial charge is 0.297 e. The fraction of sp³-hybridized carbons (Fsp3) is 0.435. The number of halogens is 3. The van der Waals surface area contributed by atoms with Crippen LogP contribution >= 0.6 is 0 Å². The molecular formula is C23H26F3N7O2. The van der Waals surface area contributed by atoms with E-state index in [0.29, 0.717) is 36.6 Å². The molecule has 186 valence electrons. The molecule has 0 unspecified atom stereocenters. The van der Waals surface area contributed by atoms with E-state index in [9.17, 15) is 18.0 Å². The van der Waals surface area contributed by atoms with Crippen LogP contribution in [0.3, 0.4) is 0 Å². The molecule has 3 aromatic heterocycles. The van der Waals surface area contributed by atoms with Gasteiger partial charge in [0, 0.05) is 43.4 Å². The summed E-state index contributed by atoms with van der Waals surface area (Å²) in [5, 5.41) is 7.38. The second-order valence-corrected chi connectivity index (χ2v) is 8.43. The van der Waals surface area contributed by atoms with E-state index in [1.165, 1.54) is 20.2 Å². The molecule has 1 fully saturated rings. The summed E-state index contributed by atoms with van der Waals surface area (Å²) in [6.07, 6.45) is -0.968. The van der Waals surface area contributed by atoms with Gasteiger partial charge in [0.15, 0.2) is 11.6 Å². The Morgan fingerprint density at radius 1 is 1.29 bits per heavy atom. The van der Waals surface area contributed by atoms with Crippen molar-refractivity contribution in [1.82, 2.24) is 29.6 Å². The van der Waals surface area contributed by atoms with Crippen LogP contribution in [0.5, 0.6) is 5.88 Å². The van der Waals surface area contributed by atoms with Gasteiger partial charge in [-0.1, -0.05) is 0 Å². The standard InChI is InChI=1S/C23H26F3N7O2/c1-12(16-9-19(35-4)27-10-17(16)24)23(34)33-8-7-14(11-33)29-18-6-5-15(13(2)28-18)21-30-22(20(25)26)32(3)31-21/h5-6,9-10,12,14,20H,7-8,11H2,1-4H3,(H,28,29)/t12-,14+/m1/s1. The maximum atomic E-state index is 14.3. The van der Waals surface area contributed by atoms with E-state index < -0.39 is 24.0 Å². The van der Waals surface area contributed by atoms with E-state index >= 15 is 0 Å². The fourth-order valence-electron chi connectivity index (χ4n) is 4.15. The number of nitrogens with one attached hydrogen (secondary N) is 1. The summed E-state index contributed by atoms with van der Waals surface area (Å²) >= 11 is 0. The van der Waals surface area contributed by atoms with Crippen LogP contribution in [-0.4, -0.2) is 61.8 Å². The number of methoxy groups -OCH3 is 1. The van der Waals surface area contributed by atoms with Crippen molar-refractivity contribution in [3.8, 4) is 17.3 Å². The van der Waals surface area contributed by atoms with Gasteiger partial charge in [0.2, 0.25) is 11.8 Å². The summed E-state index contributed by atoms with van der Waals surface area (Å²) in [7, 11) is 2.85. The zero-order valence-electron chi connectivity index (χ0n) is 19.8. The summed E-state index contributed by atoms with van der Waals surface area (Å²) in [5.41, 5.74) is 1.39. The number of aryl methyl sites for hydroxylation is 2. The minimum absolute atomic E-state index is 0.0425. The number of anilines is 1. The lowest BCUT2D eigenvalue weighted by Crippen LogP contribution is -2.34. The monoisotopic (exact) mass is 489 g/mol. The van der Waals surface area contributed by atoms with Crippen LogP contribution in [0.1, 0.15) is 42.8 Å². The third-order valence-electron chi connectivity index (χ3n) is 6.08. The molecule has 0 bridgehead atoms. The number of amides is 1. The zero-order valence-corrected chi connectivity index (χ0v) is 19.8. The largest absolute Gasteiger partial charge is 0.481 e. The van der Waals surface area contributed by atoms with Gasteiger partial charge in [-0.15, -0.1) is 0 Å². The summed E-state index contributed by atoms with van der Waals surface area (Å²) in [6.45, 7) is 4.38. The van der Waals surface area contributed by atoms with Gasteiger partial charge in [0.25, 0.3) is 6.43 Å². The Labute approximate surface area is 200 Å². The molecule has 4 rings (SSSR count). The van der Waals surface area contributed by atoms with Gasteiger partial charge in [-0.05, 0) is 32.4 Å². The van der Waals surface area contributed by atoms with Gasteiger partial charge in [-0.2, -0.15) is 5.10 Å². The Bertz CT molecular complexity index is 1230. The Balaban J connectivity index is 1.41. The van der Waals surface area contributed by atoms with Crippen molar-refractivity contribution < 1.29 is 22.7 Å². The lowest BCUT2D eigenvalue weighted by molar-refractivity contribution is -0.131. The van der Waals surface area contributed by atoms with Gasteiger partial charge in [-0.3, -0.25) is 4.79 Å². The maximum Gasteiger partial charge on any atom is 0.297 e. The van der Waals surface area contributed by atoms with Crippen LogP contribution < -0.4 is 10.1 Å². The summed E-state index contributed by atoms with van der Waals surface area (Å²) < 4.78 is 46.4. The van der Waals surface area contributed by atoms with Gasteiger partial charge >= 0.3 is 0 Å². The molecule has 4 heterocycles. The molecule has 12 heteroatoms. The van der Waals surface area contributed by atoms with E-state index in [-0.39, 0.29) is 29.2 Å². The van der Waals surface area contributed by atoms with Crippen LogP contribution in [-0.2, 0) is 11.8 Å². The minimum atomic E-state index is -2.72. The van der Waals surface area contributed by atoms with Crippen molar-refractivity contribution in [2.75, 3.05) is 25.5 Å². The van der Waals surface area contributed by atoms with Gasteiger partial charge in [0.05, 0.1) is 24.9 Å². The van der Waals surface area contributed by atoms with Crippen molar-refractivity contribution in [1.29, 1.82) is 0 Å². The first-order valence-electron chi connectivity index (χ1n) is 11.1. The van der Waals surface area contributed by atoms with E-state index in [0.717, 1.165) is 10.9 Å². The first-order valence-corrected chi connectivity index (χ1v) is 11.1. The Morgan fingerprint density at radius 2 is 2.06 bits per heavy atom. The van der Waals surface area contributed by atoms with Gasteiger partial charge < -0.3 is 15.0 Å². The molecule has 1 amide bonds. The number of aromatic nitrogens is 5. The Morgan fingerprint density at radius 3 is 2.71 bits per heavy atom. The third-order valence-corrected chi connectivity index (χ3v) is 6.08. The van der Waals surface area contributed by atoms with Crippen LogP contribution in [0.4, 0.5) is 19.0 Å². The number of likely N-dealkylation sites (tertiary alicyclic amines) is 1. The van der Waals surface area contributed by atoms with Crippen molar-refractivity contribution in [3.05, 3.63) is 47.3 Å². The van der Waals surface area contributed by atoms with Crippen LogP contribution in [0.25, 0.3) is 11.4 Å². The normalized spacial score (nSPS) is 16.6. The number of pyridine rings is 2. The molecule has 0 aromatic carbocycles. The van der Waals surface area contributed by atoms with Crippen LogP contribution in [0.2, 0.25) is 0 Å². The Kier molecular flexibility index (Phi) is 6.90. The molecule has 35 heavy (non-hydrogen) atoms. The molecular weight excluding hydrogens is 463 g/mol. The number of ether oxygens (including phenoxy) is 1. The number of carbonyl (C=O) groups is 1. The van der Waals surface area contributed by atoms with E-state index in [1.54, 1.807) is 30.9 Å². The predicted molar refractivity (Wildman–Crippen MR) is 122 cm³/mol. The molecule has 0 saturated carbocycles. The SMILES string of the molecule is COc1cc([C@@H](C)C(=O)N2CC[C@H](Nc3ccc(-c4nc(C(F)F)n(C)n4)c(C)n3)C2)c(F)cn1. The third kappa shape index (κ3) is 5.05. The number of rotatable bonds is 7. The predicted octanol–water partition coefficient (Wildman–Crippen LogP) is 3.48.